The zero-order valence-corrected chi connectivity index (χ0v) is 15.9. The Balaban J connectivity index is 1.70. The maximum atomic E-state index is 12.5. The minimum Gasteiger partial charge on any atom is -0.352 e. The first kappa shape index (κ1) is 18.0. The highest BCUT2D eigenvalue weighted by atomic mass is 32.2. The van der Waals surface area contributed by atoms with Crippen LogP contribution in [0.4, 0.5) is 0 Å². The van der Waals surface area contributed by atoms with Gasteiger partial charge in [0.1, 0.15) is 0 Å². The number of rotatable bonds is 4. The molecule has 1 amide bonds. The summed E-state index contributed by atoms with van der Waals surface area (Å²) in [7, 11) is 1.71. The van der Waals surface area contributed by atoms with Crippen LogP contribution in [0, 0.1) is 12.8 Å². The highest BCUT2D eigenvalue weighted by Crippen LogP contribution is 2.24. The average Bonchev–Trinajstić information content (AvgIpc) is 2.59. The number of carbonyl (C=O) groups excluding carboxylic acids is 1. The van der Waals surface area contributed by atoms with E-state index < -0.39 is 0 Å². The number of nitrogens with one attached hydrogen (secondary N) is 1. The number of fused-ring (bicyclic) bond motifs is 1. The molecular formula is C19H25N3O2S. The van der Waals surface area contributed by atoms with Gasteiger partial charge in [0.2, 0.25) is 5.91 Å². The quantitative estimate of drug-likeness (QED) is 0.673. The fourth-order valence-electron chi connectivity index (χ4n) is 3.40. The van der Waals surface area contributed by atoms with E-state index in [2.05, 4.69) is 17.2 Å². The van der Waals surface area contributed by atoms with E-state index in [4.69, 9.17) is 0 Å². The highest BCUT2D eigenvalue weighted by molar-refractivity contribution is 7.99. The summed E-state index contributed by atoms with van der Waals surface area (Å²) in [6, 6.07) is 5.94. The van der Waals surface area contributed by atoms with Crippen LogP contribution in [0.1, 0.15) is 38.2 Å². The Labute approximate surface area is 152 Å². The number of hydrogen-bond acceptors (Lipinski definition) is 4. The van der Waals surface area contributed by atoms with E-state index in [9.17, 15) is 9.59 Å². The molecule has 25 heavy (non-hydrogen) atoms. The molecule has 1 aliphatic carbocycles. The van der Waals surface area contributed by atoms with Gasteiger partial charge in [0.15, 0.2) is 5.16 Å². The number of thioether (sulfide) groups is 1. The summed E-state index contributed by atoms with van der Waals surface area (Å²) in [5, 5.41) is 4.34. The van der Waals surface area contributed by atoms with Crippen molar-refractivity contribution in [3.05, 3.63) is 34.1 Å². The predicted octanol–water partition coefficient (Wildman–Crippen LogP) is 3.03. The van der Waals surface area contributed by atoms with Crippen LogP contribution in [0.25, 0.3) is 10.9 Å². The van der Waals surface area contributed by atoms with Crippen LogP contribution in [0.15, 0.2) is 28.2 Å². The lowest BCUT2D eigenvalue weighted by Crippen LogP contribution is -2.41. The average molecular weight is 359 g/mol. The molecule has 0 aliphatic heterocycles. The van der Waals surface area contributed by atoms with Gasteiger partial charge in [-0.1, -0.05) is 43.2 Å². The van der Waals surface area contributed by atoms with Crippen molar-refractivity contribution in [2.45, 2.75) is 50.7 Å². The fourth-order valence-corrected chi connectivity index (χ4v) is 4.19. The van der Waals surface area contributed by atoms with Crippen LogP contribution < -0.4 is 10.9 Å². The second-order valence-corrected chi connectivity index (χ2v) is 7.95. The van der Waals surface area contributed by atoms with Gasteiger partial charge in [-0.15, -0.1) is 0 Å². The molecule has 1 aromatic carbocycles. The van der Waals surface area contributed by atoms with E-state index in [1.807, 2.05) is 25.1 Å². The molecule has 6 heteroatoms. The molecule has 1 saturated carbocycles. The van der Waals surface area contributed by atoms with Gasteiger partial charge in [-0.3, -0.25) is 14.2 Å². The summed E-state index contributed by atoms with van der Waals surface area (Å²) >= 11 is 1.32. The van der Waals surface area contributed by atoms with Crippen LogP contribution in [0.3, 0.4) is 0 Å². The molecule has 0 unspecified atom stereocenters. The molecule has 1 heterocycles. The molecule has 1 fully saturated rings. The van der Waals surface area contributed by atoms with Gasteiger partial charge < -0.3 is 5.32 Å². The van der Waals surface area contributed by atoms with Gasteiger partial charge >= 0.3 is 0 Å². The maximum absolute atomic E-state index is 12.5. The fraction of sp³-hybridized carbons (Fsp3) is 0.526. The SMILES string of the molecule is Cc1ccc2nc(SCC(=O)N[C@H]3CCCC[C@@H]3C)n(C)c(=O)c2c1. The van der Waals surface area contributed by atoms with Gasteiger partial charge in [0.05, 0.1) is 16.7 Å². The number of benzene rings is 1. The van der Waals surface area contributed by atoms with Crippen molar-refractivity contribution < 1.29 is 4.79 Å². The van der Waals surface area contributed by atoms with Crippen LogP contribution >= 0.6 is 11.8 Å². The van der Waals surface area contributed by atoms with Crippen molar-refractivity contribution in [1.82, 2.24) is 14.9 Å². The highest BCUT2D eigenvalue weighted by Gasteiger charge is 2.23. The van der Waals surface area contributed by atoms with Gasteiger partial charge in [-0.05, 0) is 37.8 Å². The van der Waals surface area contributed by atoms with E-state index in [1.165, 1.54) is 35.6 Å². The van der Waals surface area contributed by atoms with Gasteiger partial charge in [0, 0.05) is 13.1 Å². The molecule has 134 valence electrons. The van der Waals surface area contributed by atoms with E-state index >= 15 is 0 Å². The lowest BCUT2D eigenvalue weighted by Gasteiger charge is -2.29. The summed E-state index contributed by atoms with van der Waals surface area (Å²) in [6.45, 7) is 4.16. The Morgan fingerprint density at radius 3 is 2.88 bits per heavy atom. The molecule has 0 bridgehead atoms. The number of aryl methyl sites for hydroxylation is 1. The smallest absolute Gasteiger partial charge is 0.261 e. The number of amides is 1. The molecule has 1 N–H and O–H groups in total. The molecule has 3 rings (SSSR count). The van der Waals surface area contributed by atoms with Crippen molar-refractivity contribution in [2.24, 2.45) is 13.0 Å². The number of carbonyl (C=O) groups is 1. The van der Waals surface area contributed by atoms with Crippen molar-refractivity contribution in [1.29, 1.82) is 0 Å². The molecule has 1 aromatic heterocycles. The van der Waals surface area contributed by atoms with E-state index in [-0.39, 0.29) is 23.3 Å². The molecule has 0 spiro atoms. The monoisotopic (exact) mass is 359 g/mol. The topological polar surface area (TPSA) is 64.0 Å². The largest absolute Gasteiger partial charge is 0.352 e. The van der Waals surface area contributed by atoms with Crippen molar-refractivity contribution in [2.75, 3.05) is 5.75 Å². The maximum Gasteiger partial charge on any atom is 0.261 e. The van der Waals surface area contributed by atoms with Crippen LogP contribution in [-0.2, 0) is 11.8 Å². The molecule has 2 atom stereocenters. The Kier molecular flexibility index (Phi) is 5.47. The Morgan fingerprint density at radius 1 is 1.36 bits per heavy atom. The molecule has 2 aromatic rings. The van der Waals surface area contributed by atoms with Crippen LogP contribution in [0.5, 0.6) is 0 Å². The molecule has 5 nitrogen and oxygen atoms in total. The first-order valence-corrected chi connectivity index (χ1v) is 9.84. The van der Waals surface area contributed by atoms with E-state index in [0.29, 0.717) is 22.0 Å². The molecular weight excluding hydrogens is 334 g/mol. The summed E-state index contributed by atoms with van der Waals surface area (Å²) in [5.41, 5.74) is 1.64. The van der Waals surface area contributed by atoms with Crippen LogP contribution in [-0.4, -0.2) is 27.3 Å². The van der Waals surface area contributed by atoms with Gasteiger partial charge in [-0.2, -0.15) is 0 Å². The lowest BCUT2D eigenvalue weighted by molar-refractivity contribution is -0.119. The lowest BCUT2D eigenvalue weighted by atomic mass is 9.86. The molecule has 0 radical (unpaired) electrons. The number of aromatic nitrogens is 2. The molecule has 1 aliphatic rings. The Hall–Kier alpha value is -1.82. The summed E-state index contributed by atoms with van der Waals surface area (Å²) in [4.78, 5) is 29.4. The number of nitrogens with zero attached hydrogens (tertiary/aromatic N) is 2. The predicted molar refractivity (Wildman–Crippen MR) is 102 cm³/mol. The first-order valence-electron chi connectivity index (χ1n) is 8.85. The minimum absolute atomic E-state index is 0.0157. The second kappa shape index (κ2) is 7.60. The molecule has 0 saturated heterocycles. The second-order valence-electron chi connectivity index (χ2n) is 7.00. The van der Waals surface area contributed by atoms with Gasteiger partial charge in [-0.25, -0.2) is 4.98 Å². The first-order chi connectivity index (χ1) is 12.0. The zero-order chi connectivity index (χ0) is 18.0. The van der Waals surface area contributed by atoms with Crippen molar-refractivity contribution in [3.63, 3.8) is 0 Å². The minimum atomic E-state index is -0.0717. The van der Waals surface area contributed by atoms with E-state index in [1.54, 1.807) is 7.05 Å². The normalized spacial score (nSPS) is 20.6. The summed E-state index contributed by atoms with van der Waals surface area (Å²) in [6.07, 6.45) is 4.68. The van der Waals surface area contributed by atoms with Crippen molar-refractivity contribution >= 4 is 28.6 Å². The van der Waals surface area contributed by atoms with Crippen molar-refractivity contribution in [3.8, 4) is 0 Å². The van der Waals surface area contributed by atoms with E-state index in [0.717, 1.165) is 12.0 Å². The number of hydrogen-bond donors (Lipinski definition) is 1. The summed E-state index contributed by atoms with van der Waals surface area (Å²) < 4.78 is 1.53. The summed E-state index contributed by atoms with van der Waals surface area (Å²) in [5.74, 6) is 0.831. The standard InChI is InChI=1S/C19H25N3O2S/c1-12-8-9-16-14(10-12)18(24)22(3)19(21-16)25-11-17(23)20-15-7-5-4-6-13(15)2/h8-10,13,15H,4-7,11H2,1-3H3,(H,20,23)/t13-,15-/m0/s1. The third kappa shape index (κ3) is 4.06. The van der Waals surface area contributed by atoms with Gasteiger partial charge in [0.25, 0.3) is 5.56 Å². The Bertz CT molecular complexity index is 846. The van der Waals surface area contributed by atoms with Crippen LogP contribution in [0.2, 0.25) is 0 Å². The Morgan fingerprint density at radius 2 is 2.12 bits per heavy atom. The third-order valence-electron chi connectivity index (χ3n) is 4.98. The third-order valence-corrected chi connectivity index (χ3v) is 6.01. The zero-order valence-electron chi connectivity index (χ0n) is 15.0.